The topological polar surface area (TPSA) is 72.4 Å². The minimum absolute atomic E-state index is 0.126. The molecule has 1 unspecified atom stereocenters. The molecule has 1 heterocycles. The molecule has 1 aliphatic rings. The van der Waals surface area contributed by atoms with Gasteiger partial charge in [0, 0.05) is 25.2 Å². The van der Waals surface area contributed by atoms with Crippen molar-refractivity contribution in [2.24, 2.45) is 5.73 Å². The molecule has 1 aromatic carbocycles. The second-order valence-corrected chi connectivity index (χ2v) is 4.24. The average Bonchev–Trinajstić information content (AvgIpc) is 2.64. The monoisotopic (exact) mass is 221 g/mol. The molecule has 1 aliphatic heterocycles. The van der Waals surface area contributed by atoms with Crippen LogP contribution in [0.25, 0.3) is 0 Å². The molecule has 0 aliphatic carbocycles. The van der Waals surface area contributed by atoms with Crippen molar-refractivity contribution in [1.82, 2.24) is 0 Å². The van der Waals surface area contributed by atoms with Crippen molar-refractivity contribution >= 4 is 11.4 Å². The van der Waals surface area contributed by atoms with Crippen LogP contribution in [0, 0.1) is 17.0 Å². The first-order valence-corrected chi connectivity index (χ1v) is 5.33. The van der Waals surface area contributed by atoms with Gasteiger partial charge in [-0.05, 0) is 25.0 Å². The Kier molecular flexibility index (Phi) is 2.78. The van der Waals surface area contributed by atoms with Crippen LogP contribution in [0.3, 0.4) is 0 Å². The lowest BCUT2D eigenvalue weighted by Gasteiger charge is -2.18. The van der Waals surface area contributed by atoms with E-state index in [1.807, 2.05) is 24.0 Å². The van der Waals surface area contributed by atoms with Gasteiger partial charge < -0.3 is 10.6 Å². The smallest absolute Gasteiger partial charge is 0.292 e. The Balaban J connectivity index is 2.36. The summed E-state index contributed by atoms with van der Waals surface area (Å²) >= 11 is 0. The van der Waals surface area contributed by atoms with Gasteiger partial charge in [0.05, 0.1) is 4.92 Å². The third-order valence-electron chi connectivity index (χ3n) is 2.89. The molecular weight excluding hydrogens is 206 g/mol. The SMILES string of the molecule is Cc1ccc(N2CCC(N)C2)c([N+](=O)[O-])c1. The first kappa shape index (κ1) is 10.9. The molecule has 5 heteroatoms. The largest absolute Gasteiger partial charge is 0.364 e. The van der Waals surface area contributed by atoms with E-state index in [1.165, 1.54) is 0 Å². The quantitative estimate of drug-likeness (QED) is 0.606. The molecule has 0 bridgehead atoms. The maximum absolute atomic E-state index is 11.0. The lowest BCUT2D eigenvalue weighted by molar-refractivity contribution is -0.384. The van der Waals surface area contributed by atoms with Gasteiger partial charge in [0.1, 0.15) is 5.69 Å². The van der Waals surface area contributed by atoms with E-state index in [2.05, 4.69) is 0 Å². The molecule has 0 saturated carbocycles. The maximum atomic E-state index is 11.0. The van der Waals surface area contributed by atoms with E-state index in [1.54, 1.807) is 6.07 Å². The molecule has 2 rings (SSSR count). The third-order valence-corrected chi connectivity index (χ3v) is 2.89. The van der Waals surface area contributed by atoms with E-state index in [4.69, 9.17) is 5.73 Å². The fourth-order valence-electron chi connectivity index (χ4n) is 2.05. The van der Waals surface area contributed by atoms with E-state index < -0.39 is 0 Å². The van der Waals surface area contributed by atoms with Crippen molar-refractivity contribution in [3.05, 3.63) is 33.9 Å². The Morgan fingerprint density at radius 1 is 1.56 bits per heavy atom. The van der Waals surface area contributed by atoms with E-state index in [0.29, 0.717) is 12.2 Å². The Morgan fingerprint density at radius 3 is 2.88 bits per heavy atom. The number of nitrogens with two attached hydrogens (primary N) is 1. The zero-order valence-corrected chi connectivity index (χ0v) is 9.22. The summed E-state index contributed by atoms with van der Waals surface area (Å²) in [6.07, 6.45) is 0.894. The van der Waals surface area contributed by atoms with Crippen LogP contribution in [0.4, 0.5) is 11.4 Å². The Morgan fingerprint density at radius 2 is 2.31 bits per heavy atom. The highest BCUT2D eigenvalue weighted by molar-refractivity contribution is 5.64. The lowest BCUT2D eigenvalue weighted by Crippen LogP contribution is -2.26. The molecule has 2 N–H and O–H groups in total. The van der Waals surface area contributed by atoms with Crippen LogP contribution in [-0.4, -0.2) is 24.1 Å². The number of nitro groups is 1. The minimum atomic E-state index is -0.327. The summed E-state index contributed by atoms with van der Waals surface area (Å²) in [5.41, 5.74) is 7.57. The summed E-state index contributed by atoms with van der Waals surface area (Å²) in [6, 6.07) is 5.44. The van der Waals surface area contributed by atoms with Crippen LogP contribution >= 0.6 is 0 Å². The molecule has 86 valence electrons. The van der Waals surface area contributed by atoms with Gasteiger partial charge in [0.2, 0.25) is 0 Å². The normalized spacial score (nSPS) is 20.1. The van der Waals surface area contributed by atoms with Crippen LogP contribution in [0.5, 0.6) is 0 Å². The second kappa shape index (κ2) is 4.09. The number of aryl methyl sites for hydroxylation is 1. The first-order valence-electron chi connectivity index (χ1n) is 5.33. The number of hydrogen-bond donors (Lipinski definition) is 1. The standard InChI is InChI=1S/C11H15N3O2/c1-8-2-3-10(11(6-8)14(15)16)13-5-4-9(12)7-13/h2-3,6,9H,4-5,7,12H2,1H3. The number of benzene rings is 1. The molecule has 0 aromatic heterocycles. The molecule has 1 saturated heterocycles. The lowest BCUT2D eigenvalue weighted by atomic mass is 10.2. The summed E-state index contributed by atoms with van der Waals surface area (Å²) in [5, 5.41) is 11.0. The van der Waals surface area contributed by atoms with Crippen LogP contribution in [0.2, 0.25) is 0 Å². The predicted octanol–water partition coefficient (Wildman–Crippen LogP) is 1.44. The van der Waals surface area contributed by atoms with Gasteiger partial charge in [0.25, 0.3) is 5.69 Å². The summed E-state index contributed by atoms with van der Waals surface area (Å²) in [5.74, 6) is 0. The van der Waals surface area contributed by atoms with Crippen molar-refractivity contribution in [2.45, 2.75) is 19.4 Å². The van der Waals surface area contributed by atoms with Gasteiger partial charge in [-0.1, -0.05) is 6.07 Å². The number of anilines is 1. The number of nitrogens with zero attached hydrogens (tertiary/aromatic N) is 2. The highest BCUT2D eigenvalue weighted by atomic mass is 16.6. The number of nitro benzene ring substituents is 1. The van der Waals surface area contributed by atoms with Crippen molar-refractivity contribution in [3.63, 3.8) is 0 Å². The summed E-state index contributed by atoms with van der Waals surface area (Å²) in [4.78, 5) is 12.6. The summed E-state index contributed by atoms with van der Waals surface area (Å²) < 4.78 is 0. The fourth-order valence-corrected chi connectivity index (χ4v) is 2.05. The van der Waals surface area contributed by atoms with E-state index in [-0.39, 0.29) is 16.7 Å². The number of hydrogen-bond acceptors (Lipinski definition) is 4. The first-order chi connectivity index (χ1) is 7.58. The third kappa shape index (κ3) is 1.99. The van der Waals surface area contributed by atoms with Crippen LogP contribution in [0.1, 0.15) is 12.0 Å². The highest BCUT2D eigenvalue weighted by Crippen LogP contribution is 2.31. The van der Waals surface area contributed by atoms with Gasteiger partial charge >= 0.3 is 0 Å². The van der Waals surface area contributed by atoms with Gasteiger partial charge in [-0.15, -0.1) is 0 Å². The Hall–Kier alpha value is -1.62. The molecule has 0 spiro atoms. The molecule has 5 nitrogen and oxygen atoms in total. The molecule has 1 fully saturated rings. The Bertz CT molecular complexity index is 420. The molecule has 16 heavy (non-hydrogen) atoms. The van der Waals surface area contributed by atoms with Crippen LogP contribution < -0.4 is 10.6 Å². The van der Waals surface area contributed by atoms with Crippen molar-refractivity contribution in [1.29, 1.82) is 0 Å². The minimum Gasteiger partial charge on any atom is -0.364 e. The van der Waals surface area contributed by atoms with Gasteiger partial charge in [-0.2, -0.15) is 0 Å². The second-order valence-electron chi connectivity index (χ2n) is 4.24. The van der Waals surface area contributed by atoms with Crippen LogP contribution in [-0.2, 0) is 0 Å². The van der Waals surface area contributed by atoms with Crippen molar-refractivity contribution < 1.29 is 4.92 Å². The van der Waals surface area contributed by atoms with Gasteiger partial charge in [-0.25, -0.2) is 0 Å². The maximum Gasteiger partial charge on any atom is 0.292 e. The zero-order chi connectivity index (χ0) is 11.7. The van der Waals surface area contributed by atoms with E-state index in [0.717, 1.165) is 18.5 Å². The summed E-state index contributed by atoms with van der Waals surface area (Å²) in [7, 11) is 0. The number of rotatable bonds is 2. The van der Waals surface area contributed by atoms with E-state index >= 15 is 0 Å². The Labute approximate surface area is 94.0 Å². The molecule has 0 radical (unpaired) electrons. The summed E-state index contributed by atoms with van der Waals surface area (Å²) in [6.45, 7) is 3.35. The van der Waals surface area contributed by atoms with E-state index in [9.17, 15) is 10.1 Å². The zero-order valence-electron chi connectivity index (χ0n) is 9.22. The molecule has 1 atom stereocenters. The molecule has 1 aromatic rings. The fraction of sp³-hybridized carbons (Fsp3) is 0.455. The van der Waals surface area contributed by atoms with Gasteiger partial charge in [-0.3, -0.25) is 10.1 Å². The molecular formula is C11H15N3O2. The van der Waals surface area contributed by atoms with Crippen molar-refractivity contribution in [3.8, 4) is 0 Å². The van der Waals surface area contributed by atoms with Crippen molar-refractivity contribution in [2.75, 3.05) is 18.0 Å². The van der Waals surface area contributed by atoms with Gasteiger partial charge in [0.15, 0.2) is 0 Å². The molecule has 0 amide bonds. The predicted molar refractivity (Wildman–Crippen MR) is 62.6 cm³/mol. The average molecular weight is 221 g/mol. The van der Waals surface area contributed by atoms with Crippen LogP contribution in [0.15, 0.2) is 18.2 Å². The highest BCUT2D eigenvalue weighted by Gasteiger charge is 2.25.